The molecule has 1 heterocycles. The molecule has 0 saturated heterocycles. The third-order valence-electron chi connectivity index (χ3n) is 6.66. The van der Waals surface area contributed by atoms with Crippen LogP contribution in [0.4, 0.5) is 10.5 Å². The fourth-order valence-electron chi connectivity index (χ4n) is 4.34. The van der Waals surface area contributed by atoms with E-state index in [1.54, 1.807) is 6.92 Å². The van der Waals surface area contributed by atoms with Crippen LogP contribution in [0.1, 0.15) is 44.9 Å². The molecule has 7 nitrogen and oxygen atoms in total. The van der Waals surface area contributed by atoms with E-state index in [1.807, 2.05) is 87.5 Å². The van der Waals surface area contributed by atoms with Crippen LogP contribution in [-0.4, -0.2) is 23.3 Å². The van der Waals surface area contributed by atoms with Gasteiger partial charge in [0.25, 0.3) is 0 Å². The van der Waals surface area contributed by atoms with Crippen LogP contribution < -0.4 is 5.32 Å². The Morgan fingerprint density at radius 3 is 2.19 bits per heavy atom. The Bertz CT molecular complexity index is 1340. The highest BCUT2D eigenvalue weighted by Gasteiger charge is 2.53. The normalized spacial score (nSPS) is 15.3. The molecular formula is C29H29ClN2O5. The van der Waals surface area contributed by atoms with Gasteiger partial charge < -0.3 is 13.5 Å². The molecule has 1 atom stereocenters. The van der Waals surface area contributed by atoms with E-state index < -0.39 is 23.6 Å². The zero-order chi connectivity index (χ0) is 26.6. The van der Waals surface area contributed by atoms with Gasteiger partial charge in [0.1, 0.15) is 29.4 Å². The molecule has 4 rings (SSSR count). The molecule has 1 aromatic heterocycles. The molecule has 1 saturated carbocycles. The van der Waals surface area contributed by atoms with E-state index in [4.69, 9.17) is 21.1 Å². The van der Waals surface area contributed by atoms with Crippen molar-refractivity contribution in [2.45, 2.75) is 52.1 Å². The highest BCUT2D eigenvalue weighted by Crippen LogP contribution is 2.49. The van der Waals surface area contributed by atoms with Crippen molar-refractivity contribution in [1.29, 1.82) is 0 Å². The lowest BCUT2D eigenvalue weighted by Crippen LogP contribution is -2.21. The predicted octanol–water partition coefficient (Wildman–Crippen LogP) is 7.51. The first kappa shape index (κ1) is 26.2. The van der Waals surface area contributed by atoms with Gasteiger partial charge in [0.15, 0.2) is 5.76 Å². The van der Waals surface area contributed by atoms with E-state index >= 15 is 0 Å². The molecule has 1 aliphatic carbocycles. The number of hydrogen-bond acceptors (Lipinski definition) is 6. The van der Waals surface area contributed by atoms with Crippen molar-refractivity contribution in [2.75, 3.05) is 5.32 Å². The van der Waals surface area contributed by atoms with Gasteiger partial charge in [-0.3, -0.25) is 5.32 Å². The standard InChI is InChI=1S/C29H29ClN2O5/c1-5-7-20(6-2)19(4)35-28(34)31-25-18(3)32-37-26(25)23-10-8-21(9-11-23)22-12-14-24(15-13-22)29(16-17-29)27(33)36-30/h5-15,19H,16-17H2,1-4H3,(H,31,34)/b7-5-,20-6+. The van der Waals surface area contributed by atoms with Crippen LogP contribution in [0.15, 0.2) is 76.9 Å². The quantitative estimate of drug-likeness (QED) is 0.309. The van der Waals surface area contributed by atoms with Gasteiger partial charge >= 0.3 is 12.1 Å². The number of rotatable bonds is 8. The summed E-state index contributed by atoms with van der Waals surface area (Å²) < 4.78 is 15.5. The molecule has 0 radical (unpaired) electrons. The second-order valence-electron chi connectivity index (χ2n) is 9.03. The Labute approximate surface area is 221 Å². The Kier molecular flexibility index (Phi) is 7.83. The number of carbonyl (C=O) groups is 2. The Hall–Kier alpha value is -3.84. The first-order chi connectivity index (χ1) is 17.8. The lowest BCUT2D eigenvalue weighted by atomic mass is 9.93. The van der Waals surface area contributed by atoms with Crippen molar-refractivity contribution >= 4 is 29.6 Å². The fourth-order valence-corrected chi connectivity index (χ4v) is 4.49. The number of ether oxygens (including phenoxy) is 1. The number of benzene rings is 2. The second-order valence-corrected chi connectivity index (χ2v) is 9.19. The number of carbonyl (C=O) groups excluding carboxylic acids is 2. The monoisotopic (exact) mass is 520 g/mol. The second kappa shape index (κ2) is 11.0. The van der Waals surface area contributed by atoms with Crippen LogP contribution in [0.5, 0.6) is 0 Å². The third-order valence-corrected chi connectivity index (χ3v) is 6.80. The van der Waals surface area contributed by atoms with Crippen molar-refractivity contribution in [1.82, 2.24) is 5.16 Å². The van der Waals surface area contributed by atoms with Crippen LogP contribution >= 0.6 is 11.9 Å². The predicted molar refractivity (Wildman–Crippen MR) is 143 cm³/mol. The third kappa shape index (κ3) is 5.47. The number of halogens is 1. The molecule has 1 aliphatic rings. The molecule has 3 aromatic rings. The van der Waals surface area contributed by atoms with Crippen LogP contribution in [0.25, 0.3) is 22.5 Å². The van der Waals surface area contributed by atoms with Gasteiger partial charge in [-0.2, -0.15) is 0 Å². The molecule has 37 heavy (non-hydrogen) atoms. The number of nitrogens with one attached hydrogen (secondary N) is 1. The molecule has 1 unspecified atom stereocenters. The lowest BCUT2D eigenvalue weighted by Gasteiger charge is -2.15. The average molecular weight is 521 g/mol. The number of anilines is 1. The van der Waals surface area contributed by atoms with Crippen LogP contribution in [-0.2, 0) is 19.2 Å². The highest BCUT2D eigenvalue weighted by molar-refractivity contribution is 6.14. The summed E-state index contributed by atoms with van der Waals surface area (Å²) in [5.41, 5.74) is 4.94. The van der Waals surface area contributed by atoms with Crippen molar-refractivity contribution in [3.05, 3.63) is 83.6 Å². The van der Waals surface area contributed by atoms with E-state index in [9.17, 15) is 9.59 Å². The Morgan fingerprint density at radius 1 is 1.05 bits per heavy atom. The summed E-state index contributed by atoms with van der Waals surface area (Å²) in [6, 6.07) is 15.5. The first-order valence-electron chi connectivity index (χ1n) is 12.1. The maximum absolute atomic E-state index is 12.6. The average Bonchev–Trinajstić information content (AvgIpc) is 3.65. The number of allylic oxidation sites excluding steroid dienone is 2. The lowest BCUT2D eigenvalue weighted by molar-refractivity contribution is -0.136. The molecule has 1 amide bonds. The summed E-state index contributed by atoms with van der Waals surface area (Å²) in [5.74, 6) is 0.0374. The smallest absolute Gasteiger partial charge is 0.412 e. The van der Waals surface area contributed by atoms with Crippen molar-refractivity contribution in [3.63, 3.8) is 0 Å². The number of nitrogens with zero attached hydrogens (tertiary/aromatic N) is 1. The molecule has 0 spiro atoms. The van der Waals surface area contributed by atoms with Crippen molar-refractivity contribution in [2.24, 2.45) is 0 Å². The maximum atomic E-state index is 12.6. The summed E-state index contributed by atoms with van der Waals surface area (Å²) in [6.07, 6.45) is 6.17. The Morgan fingerprint density at radius 2 is 1.65 bits per heavy atom. The van der Waals surface area contributed by atoms with Gasteiger partial charge in [-0.05, 0) is 62.8 Å². The van der Waals surface area contributed by atoms with E-state index in [1.165, 1.54) is 0 Å². The number of hydrogen-bond donors (Lipinski definition) is 1. The molecule has 0 bridgehead atoms. The van der Waals surface area contributed by atoms with E-state index in [0.717, 1.165) is 40.7 Å². The minimum atomic E-state index is -0.613. The summed E-state index contributed by atoms with van der Waals surface area (Å²) >= 11 is 5.31. The van der Waals surface area contributed by atoms with Crippen LogP contribution in [0.3, 0.4) is 0 Å². The molecule has 8 heteroatoms. The maximum Gasteiger partial charge on any atom is 0.412 e. The van der Waals surface area contributed by atoms with Gasteiger partial charge in [0.05, 0.1) is 5.41 Å². The van der Waals surface area contributed by atoms with Gasteiger partial charge in [-0.25, -0.2) is 9.59 Å². The fraction of sp³-hybridized carbons (Fsp3) is 0.276. The van der Waals surface area contributed by atoms with Crippen molar-refractivity contribution in [3.8, 4) is 22.5 Å². The summed E-state index contributed by atoms with van der Waals surface area (Å²) in [6.45, 7) is 7.38. The zero-order valence-electron chi connectivity index (χ0n) is 21.2. The van der Waals surface area contributed by atoms with Gasteiger partial charge in [0, 0.05) is 5.56 Å². The van der Waals surface area contributed by atoms with E-state index in [0.29, 0.717) is 17.1 Å². The molecule has 192 valence electrons. The first-order valence-corrected chi connectivity index (χ1v) is 12.4. The van der Waals surface area contributed by atoms with Crippen LogP contribution in [0, 0.1) is 6.92 Å². The molecule has 1 fully saturated rings. The molecule has 1 N–H and O–H groups in total. The van der Waals surface area contributed by atoms with E-state index in [-0.39, 0.29) is 0 Å². The topological polar surface area (TPSA) is 90.7 Å². The van der Waals surface area contributed by atoms with Crippen molar-refractivity contribution < 1.29 is 23.1 Å². The summed E-state index contributed by atoms with van der Waals surface area (Å²) in [5, 5.41) is 6.81. The molecular weight excluding hydrogens is 492 g/mol. The minimum Gasteiger partial charge on any atom is -0.441 e. The number of amides is 1. The summed E-state index contributed by atoms with van der Waals surface area (Å²) in [7, 11) is 0. The highest BCUT2D eigenvalue weighted by atomic mass is 35.5. The van der Waals surface area contributed by atoms with Gasteiger partial charge in [-0.15, -0.1) is 0 Å². The summed E-state index contributed by atoms with van der Waals surface area (Å²) in [4.78, 5) is 24.6. The molecule has 2 aromatic carbocycles. The minimum absolute atomic E-state index is 0.406. The van der Waals surface area contributed by atoms with E-state index in [2.05, 4.69) is 14.8 Å². The van der Waals surface area contributed by atoms with Gasteiger partial charge in [-0.1, -0.05) is 71.9 Å². The SMILES string of the molecule is C/C=C\C(=C/C)C(C)OC(=O)Nc1c(C)noc1-c1ccc(-c2ccc(C3(C(=O)OCl)CC3)cc2)cc1. The molecule has 0 aliphatic heterocycles. The van der Waals surface area contributed by atoms with Crippen LogP contribution in [0.2, 0.25) is 0 Å². The number of aromatic nitrogens is 1. The van der Waals surface area contributed by atoms with Gasteiger partial charge in [0.2, 0.25) is 0 Å². The Balaban J connectivity index is 1.48. The largest absolute Gasteiger partial charge is 0.441 e. The number of aryl methyl sites for hydroxylation is 1. The zero-order valence-corrected chi connectivity index (χ0v) is 22.0.